The summed E-state index contributed by atoms with van der Waals surface area (Å²) in [5, 5.41) is 4.55. The van der Waals surface area contributed by atoms with E-state index in [0.29, 0.717) is 22.2 Å². The molecule has 0 fully saturated rings. The lowest BCUT2D eigenvalue weighted by molar-refractivity contribution is 0.0998. The fraction of sp³-hybridized carbons (Fsp3) is 0.0526. The van der Waals surface area contributed by atoms with E-state index in [0.717, 1.165) is 15.8 Å². The number of amides is 1. The average molecular weight is 387 g/mol. The Morgan fingerprint density at radius 2 is 2.00 bits per heavy atom. The summed E-state index contributed by atoms with van der Waals surface area (Å²) in [5.74, 6) is -0.448. The summed E-state index contributed by atoms with van der Waals surface area (Å²) in [6.07, 6.45) is 2.32. The topological polar surface area (TPSA) is 55.1 Å². The molecule has 0 saturated heterocycles. The van der Waals surface area contributed by atoms with Crippen LogP contribution in [-0.4, -0.2) is 10.9 Å². The number of fused-ring (bicyclic) bond motifs is 1. The first kappa shape index (κ1) is 16.8. The maximum Gasteiger partial charge on any atom is 0.293 e. The van der Waals surface area contributed by atoms with Crippen LogP contribution >= 0.6 is 22.9 Å². The Morgan fingerprint density at radius 1 is 1.19 bits per heavy atom. The molecule has 2 heterocycles. The van der Waals surface area contributed by atoms with E-state index in [9.17, 15) is 9.18 Å². The first-order chi connectivity index (χ1) is 12.6. The van der Waals surface area contributed by atoms with Crippen LogP contribution in [0.15, 0.2) is 59.1 Å². The molecule has 2 aromatic carbocycles. The van der Waals surface area contributed by atoms with Crippen LogP contribution in [0.3, 0.4) is 0 Å². The predicted octanol–water partition coefficient (Wildman–Crippen LogP) is 5.52. The van der Waals surface area contributed by atoms with Gasteiger partial charge in [-0.3, -0.25) is 10.1 Å². The zero-order chi connectivity index (χ0) is 18.1. The minimum atomic E-state index is -0.375. The quantitative estimate of drug-likeness (QED) is 0.502. The van der Waals surface area contributed by atoms with Crippen molar-refractivity contribution in [2.75, 3.05) is 5.32 Å². The second-order valence-electron chi connectivity index (χ2n) is 5.68. The van der Waals surface area contributed by atoms with Gasteiger partial charge in [0.25, 0.3) is 5.91 Å². The molecule has 1 N–H and O–H groups in total. The molecule has 4 rings (SSSR count). The molecule has 0 bridgehead atoms. The molecule has 0 aliphatic carbocycles. The van der Waals surface area contributed by atoms with Gasteiger partial charge in [-0.1, -0.05) is 23.7 Å². The highest BCUT2D eigenvalue weighted by molar-refractivity contribution is 7.15. The van der Waals surface area contributed by atoms with Crippen molar-refractivity contribution in [2.24, 2.45) is 0 Å². The molecule has 0 spiro atoms. The largest absolute Gasteiger partial charge is 0.451 e. The van der Waals surface area contributed by atoms with Crippen molar-refractivity contribution in [1.29, 1.82) is 0 Å². The Hall–Kier alpha value is -2.70. The summed E-state index contributed by atoms with van der Waals surface area (Å²) in [7, 11) is 0. The third-order valence-corrected chi connectivity index (χ3v) is 4.92. The van der Waals surface area contributed by atoms with Gasteiger partial charge in [0, 0.05) is 27.9 Å². The van der Waals surface area contributed by atoms with Gasteiger partial charge < -0.3 is 4.42 Å². The summed E-state index contributed by atoms with van der Waals surface area (Å²) in [4.78, 5) is 17.5. The molecular formula is C19H12ClFN2O2S. The normalized spacial score (nSPS) is 11.0. The number of halogens is 2. The zero-order valence-electron chi connectivity index (χ0n) is 13.3. The Balaban J connectivity index is 1.47. The number of furan rings is 1. The van der Waals surface area contributed by atoms with Gasteiger partial charge in [0.2, 0.25) is 0 Å². The van der Waals surface area contributed by atoms with Crippen LogP contribution in [0.4, 0.5) is 9.52 Å². The van der Waals surface area contributed by atoms with Gasteiger partial charge in [0.1, 0.15) is 11.4 Å². The number of hydrogen-bond acceptors (Lipinski definition) is 4. The van der Waals surface area contributed by atoms with Crippen LogP contribution in [-0.2, 0) is 6.42 Å². The highest BCUT2D eigenvalue weighted by Crippen LogP contribution is 2.25. The van der Waals surface area contributed by atoms with Gasteiger partial charge in [0.05, 0.1) is 0 Å². The number of thiazole rings is 1. The third kappa shape index (κ3) is 3.61. The molecule has 26 heavy (non-hydrogen) atoms. The van der Waals surface area contributed by atoms with Crippen molar-refractivity contribution in [3.8, 4) is 0 Å². The van der Waals surface area contributed by atoms with E-state index >= 15 is 0 Å². The number of nitrogens with one attached hydrogen (secondary N) is 1. The number of carbonyl (C=O) groups excluding carboxylic acids is 1. The van der Waals surface area contributed by atoms with Gasteiger partial charge in [-0.05, 0) is 42.0 Å². The molecular weight excluding hydrogens is 375 g/mol. The lowest BCUT2D eigenvalue weighted by Gasteiger charge is -1.98. The van der Waals surface area contributed by atoms with Gasteiger partial charge in [-0.25, -0.2) is 9.37 Å². The van der Waals surface area contributed by atoms with Crippen molar-refractivity contribution < 1.29 is 13.6 Å². The lowest BCUT2D eigenvalue weighted by Crippen LogP contribution is -2.10. The van der Waals surface area contributed by atoms with E-state index in [1.807, 2.05) is 0 Å². The van der Waals surface area contributed by atoms with Crippen LogP contribution in [0.1, 0.15) is 21.0 Å². The second kappa shape index (κ2) is 6.90. The van der Waals surface area contributed by atoms with Crippen molar-refractivity contribution in [3.05, 3.63) is 81.8 Å². The second-order valence-corrected chi connectivity index (χ2v) is 7.23. The molecule has 1 amide bonds. The molecule has 0 atom stereocenters. The highest BCUT2D eigenvalue weighted by atomic mass is 35.5. The van der Waals surface area contributed by atoms with Crippen LogP contribution < -0.4 is 5.32 Å². The van der Waals surface area contributed by atoms with Crippen molar-refractivity contribution in [1.82, 2.24) is 4.98 Å². The Kier molecular flexibility index (Phi) is 4.44. The van der Waals surface area contributed by atoms with Crippen LogP contribution in [0.5, 0.6) is 0 Å². The molecule has 0 aliphatic rings. The number of carbonyl (C=O) groups is 1. The number of nitrogens with zero attached hydrogens (tertiary/aromatic N) is 1. The van der Waals surface area contributed by atoms with E-state index in [2.05, 4.69) is 10.3 Å². The number of aromatic nitrogens is 1. The Morgan fingerprint density at radius 3 is 2.81 bits per heavy atom. The first-order valence-electron chi connectivity index (χ1n) is 7.76. The van der Waals surface area contributed by atoms with Crippen molar-refractivity contribution >= 4 is 44.9 Å². The van der Waals surface area contributed by atoms with E-state index in [4.69, 9.17) is 16.0 Å². The molecule has 0 saturated carbocycles. The molecule has 7 heteroatoms. The number of benzene rings is 2. The number of hydrogen-bond donors (Lipinski definition) is 1. The minimum absolute atomic E-state index is 0.192. The molecule has 4 nitrogen and oxygen atoms in total. The average Bonchev–Trinajstić information content (AvgIpc) is 3.23. The molecule has 0 unspecified atom stereocenters. The number of rotatable bonds is 4. The van der Waals surface area contributed by atoms with Crippen molar-refractivity contribution in [3.63, 3.8) is 0 Å². The van der Waals surface area contributed by atoms with Gasteiger partial charge in [-0.15, -0.1) is 11.3 Å². The van der Waals surface area contributed by atoms with Crippen molar-refractivity contribution in [2.45, 2.75) is 6.42 Å². The molecule has 2 aromatic heterocycles. The highest BCUT2D eigenvalue weighted by Gasteiger charge is 2.14. The van der Waals surface area contributed by atoms with E-state index in [1.54, 1.807) is 42.6 Å². The summed E-state index contributed by atoms with van der Waals surface area (Å²) in [6, 6.07) is 13.1. The maximum absolute atomic E-state index is 13.0. The van der Waals surface area contributed by atoms with Crippen LogP contribution in [0.2, 0.25) is 5.02 Å². The van der Waals surface area contributed by atoms with Gasteiger partial charge in [-0.2, -0.15) is 0 Å². The smallest absolute Gasteiger partial charge is 0.293 e. The molecule has 0 aliphatic heterocycles. The standard InChI is InChI=1S/C19H12ClFN2O2S/c20-13-3-6-16-12(8-13)9-17(25-16)18(24)23-19-22-10-15(26-19)7-11-1-4-14(21)5-2-11/h1-6,8-10H,7H2,(H,22,23,24). The molecule has 0 radical (unpaired) electrons. The fourth-order valence-corrected chi connectivity index (χ4v) is 3.56. The lowest BCUT2D eigenvalue weighted by atomic mass is 10.1. The third-order valence-electron chi connectivity index (χ3n) is 3.77. The van der Waals surface area contributed by atoms with Crippen LogP contribution in [0.25, 0.3) is 11.0 Å². The maximum atomic E-state index is 13.0. The Labute approximate surface area is 157 Å². The fourth-order valence-electron chi connectivity index (χ4n) is 2.54. The molecule has 130 valence electrons. The monoisotopic (exact) mass is 386 g/mol. The SMILES string of the molecule is O=C(Nc1ncc(Cc2ccc(F)cc2)s1)c1cc2cc(Cl)ccc2o1. The first-order valence-corrected chi connectivity index (χ1v) is 8.96. The zero-order valence-corrected chi connectivity index (χ0v) is 14.9. The van der Waals surface area contributed by atoms with E-state index < -0.39 is 0 Å². The van der Waals surface area contributed by atoms with Crippen LogP contribution in [0, 0.1) is 5.82 Å². The van der Waals surface area contributed by atoms with Gasteiger partial charge in [0.15, 0.2) is 10.9 Å². The van der Waals surface area contributed by atoms with Gasteiger partial charge >= 0.3 is 0 Å². The van der Waals surface area contributed by atoms with E-state index in [-0.39, 0.29) is 17.5 Å². The van der Waals surface area contributed by atoms with E-state index in [1.165, 1.54) is 23.5 Å². The predicted molar refractivity (Wildman–Crippen MR) is 100 cm³/mol. The summed E-state index contributed by atoms with van der Waals surface area (Å²) < 4.78 is 18.5. The number of anilines is 1. The summed E-state index contributed by atoms with van der Waals surface area (Å²) >= 11 is 7.31. The Bertz CT molecular complexity index is 1090. The minimum Gasteiger partial charge on any atom is -0.451 e. The molecule has 4 aromatic rings. The summed E-state index contributed by atoms with van der Waals surface area (Å²) in [5.41, 5.74) is 1.57. The summed E-state index contributed by atoms with van der Waals surface area (Å²) in [6.45, 7) is 0.